The van der Waals surface area contributed by atoms with Crippen LogP contribution < -0.4 is 5.32 Å². The molecule has 0 bridgehead atoms. The van der Waals surface area contributed by atoms with Crippen molar-refractivity contribution in [3.05, 3.63) is 0 Å². The Bertz CT molecular complexity index is 282. The summed E-state index contributed by atoms with van der Waals surface area (Å²) < 4.78 is 0. The summed E-state index contributed by atoms with van der Waals surface area (Å²) in [5.74, 6) is 0. The first-order valence-electron chi connectivity index (χ1n) is 9.42. The Morgan fingerprint density at radius 1 is 1.19 bits per heavy atom. The van der Waals surface area contributed by atoms with Crippen LogP contribution in [0.5, 0.6) is 0 Å². The van der Waals surface area contributed by atoms with E-state index in [0.29, 0.717) is 6.04 Å². The average molecular weight is 296 g/mol. The SMILES string of the molecule is CCCNC(C)CCCCN1CC2CCCCN2CC1C. The summed E-state index contributed by atoms with van der Waals surface area (Å²) in [6.07, 6.45) is 9.62. The molecule has 2 rings (SSSR count). The van der Waals surface area contributed by atoms with E-state index in [1.807, 2.05) is 0 Å². The summed E-state index contributed by atoms with van der Waals surface area (Å²) in [6.45, 7) is 13.5. The number of hydrogen-bond donors (Lipinski definition) is 1. The summed E-state index contributed by atoms with van der Waals surface area (Å²) >= 11 is 0. The van der Waals surface area contributed by atoms with Crippen molar-refractivity contribution < 1.29 is 0 Å². The summed E-state index contributed by atoms with van der Waals surface area (Å²) in [6, 6.07) is 2.31. The van der Waals surface area contributed by atoms with Gasteiger partial charge in [-0.25, -0.2) is 0 Å². The molecule has 3 heteroatoms. The first-order chi connectivity index (χ1) is 10.2. The Morgan fingerprint density at radius 3 is 2.86 bits per heavy atom. The van der Waals surface area contributed by atoms with Crippen LogP contribution in [0.1, 0.15) is 65.7 Å². The second-order valence-corrected chi connectivity index (χ2v) is 7.34. The Hall–Kier alpha value is -0.120. The zero-order valence-electron chi connectivity index (χ0n) is 14.6. The number of rotatable bonds is 8. The highest BCUT2D eigenvalue weighted by atomic mass is 15.3. The number of piperidine rings is 1. The van der Waals surface area contributed by atoms with E-state index < -0.39 is 0 Å². The topological polar surface area (TPSA) is 18.5 Å². The second kappa shape index (κ2) is 9.12. The Balaban J connectivity index is 1.61. The van der Waals surface area contributed by atoms with Crippen molar-refractivity contribution in [3.63, 3.8) is 0 Å². The number of nitrogens with zero attached hydrogens (tertiary/aromatic N) is 2. The van der Waals surface area contributed by atoms with Crippen LogP contribution in [0.3, 0.4) is 0 Å². The minimum Gasteiger partial charge on any atom is -0.314 e. The fourth-order valence-electron chi connectivity index (χ4n) is 3.98. The van der Waals surface area contributed by atoms with E-state index in [9.17, 15) is 0 Å². The molecule has 21 heavy (non-hydrogen) atoms. The third kappa shape index (κ3) is 5.54. The largest absolute Gasteiger partial charge is 0.314 e. The molecule has 0 saturated carbocycles. The molecule has 0 radical (unpaired) electrons. The molecule has 0 aromatic carbocycles. The van der Waals surface area contributed by atoms with Crippen LogP contribution in [0.2, 0.25) is 0 Å². The molecule has 2 aliphatic heterocycles. The molecule has 0 aromatic heterocycles. The van der Waals surface area contributed by atoms with Crippen molar-refractivity contribution in [2.45, 2.75) is 83.8 Å². The van der Waals surface area contributed by atoms with Gasteiger partial charge in [0.1, 0.15) is 0 Å². The van der Waals surface area contributed by atoms with E-state index in [2.05, 4.69) is 35.9 Å². The third-order valence-corrected chi connectivity index (χ3v) is 5.39. The molecule has 124 valence electrons. The Morgan fingerprint density at radius 2 is 2.05 bits per heavy atom. The van der Waals surface area contributed by atoms with E-state index in [1.54, 1.807) is 0 Å². The molecule has 2 aliphatic rings. The maximum absolute atomic E-state index is 3.60. The van der Waals surface area contributed by atoms with Gasteiger partial charge in [0.25, 0.3) is 0 Å². The van der Waals surface area contributed by atoms with Gasteiger partial charge in [0.2, 0.25) is 0 Å². The van der Waals surface area contributed by atoms with Crippen molar-refractivity contribution in [2.75, 3.05) is 32.7 Å². The highest BCUT2D eigenvalue weighted by Crippen LogP contribution is 2.24. The van der Waals surface area contributed by atoms with Gasteiger partial charge in [0, 0.05) is 31.2 Å². The number of fused-ring (bicyclic) bond motifs is 1. The van der Waals surface area contributed by atoms with E-state index in [0.717, 1.165) is 12.1 Å². The van der Waals surface area contributed by atoms with Gasteiger partial charge in [-0.3, -0.25) is 9.80 Å². The fourth-order valence-corrected chi connectivity index (χ4v) is 3.98. The van der Waals surface area contributed by atoms with Crippen molar-refractivity contribution in [1.29, 1.82) is 0 Å². The van der Waals surface area contributed by atoms with E-state index in [-0.39, 0.29) is 0 Å². The Kier molecular flexibility index (Phi) is 7.48. The molecule has 2 fully saturated rings. The zero-order valence-corrected chi connectivity index (χ0v) is 14.6. The average Bonchev–Trinajstić information content (AvgIpc) is 2.49. The van der Waals surface area contributed by atoms with Crippen LogP contribution in [0.4, 0.5) is 0 Å². The number of hydrogen-bond acceptors (Lipinski definition) is 3. The van der Waals surface area contributed by atoms with Crippen molar-refractivity contribution in [1.82, 2.24) is 15.1 Å². The maximum atomic E-state index is 3.60. The minimum atomic E-state index is 0.692. The van der Waals surface area contributed by atoms with Gasteiger partial charge in [0.15, 0.2) is 0 Å². The molecule has 3 atom stereocenters. The predicted molar refractivity (Wildman–Crippen MR) is 91.9 cm³/mol. The fraction of sp³-hybridized carbons (Fsp3) is 1.00. The van der Waals surface area contributed by atoms with E-state index in [4.69, 9.17) is 0 Å². The second-order valence-electron chi connectivity index (χ2n) is 7.34. The molecular weight excluding hydrogens is 258 g/mol. The third-order valence-electron chi connectivity index (χ3n) is 5.39. The van der Waals surface area contributed by atoms with Crippen molar-refractivity contribution >= 4 is 0 Å². The Labute approximate surface area is 132 Å². The van der Waals surface area contributed by atoms with Gasteiger partial charge in [-0.1, -0.05) is 19.8 Å². The summed E-state index contributed by atoms with van der Waals surface area (Å²) in [5.41, 5.74) is 0. The molecule has 2 heterocycles. The highest BCUT2D eigenvalue weighted by Gasteiger charge is 2.32. The summed E-state index contributed by atoms with van der Waals surface area (Å²) in [5, 5.41) is 3.60. The van der Waals surface area contributed by atoms with Gasteiger partial charge < -0.3 is 5.32 Å². The first kappa shape index (κ1) is 17.2. The minimum absolute atomic E-state index is 0.692. The number of piperazine rings is 1. The number of nitrogens with one attached hydrogen (secondary N) is 1. The van der Waals surface area contributed by atoms with Gasteiger partial charge >= 0.3 is 0 Å². The lowest BCUT2D eigenvalue weighted by Crippen LogP contribution is -2.58. The lowest BCUT2D eigenvalue weighted by Gasteiger charge is -2.47. The molecule has 2 saturated heterocycles. The maximum Gasteiger partial charge on any atom is 0.0223 e. The monoisotopic (exact) mass is 295 g/mol. The first-order valence-corrected chi connectivity index (χ1v) is 9.42. The zero-order chi connectivity index (χ0) is 15.1. The van der Waals surface area contributed by atoms with Gasteiger partial charge in [0.05, 0.1) is 0 Å². The quantitative estimate of drug-likeness (QED) is 0.694. The van der Waals surface area contributed by atoms with Crippen LogP contribution in [0.15, 0.2) is 0 Å². The number of unbranched alkanes of at least 4 members (excludes halogenated alkanes) is 1. The van der Waals surface area contributed by atoms with Crippen LogP contribution in [-0.2, 0) is 0 Å². The van der Waals surface area contributed by atoms with Crippen molar-refractivity contribution in [2.24, 2.45) is 0 Å². The van der Waals surface area contributed by atoms with Gasteiger partial charge in [-0.2, -0.15) is 0 Å². The molecule has 0 aromatic rings. The lowest BCUT2D eigenvalue weighted by atomic mass is 9.97. The highest BCUT2D eigenvalue weighted by molar-refractivity contribution is 4.88. The predicted octanol–water partition coefficient (Wildman–Crippen LogP) is 3.10. The van der Waals surface area contributed by atoms with Crippen LogP contribution >= 0.6 is 0 Å². The molecule has 0 aliphatic carbocycles. The molecule has 0 spiro atoms. The summed E-state index contributed by atoms with van der Waals surface area (Å²) in [4.78, 5) is 5.51. The van der Waals surface area contributed by atoms with Crippen LogP contribution in [0.25, 0.3) is 0 Å². The summed E-state index contributed by atoms with van der Waals surface area (Å²) in [7, 11) is 0. The molecular formula is C18H37N3. The molecule has 3 unspecified atom stereocenters. The van der Waals surface area contributed by atoms with E-state index in [1.165, 1.54) is 77.7 Å². The van der Waals surface area contributed by atoms with Crippen LogP contribution in [-0.4, -0.2) is 60.6 Å². The molecule has 3 nitrogen and oxygen atoms in total. The normalized spacial score (nSPS) is 29.3. The van der Waals surface area contributed by atoms with Crippen LogP contribution in [0, 0.1) is 0 Å². The van der Waals surface area contributed by atoms with Crippen molar-refractivity contribution in [3.8, 4) is 0 Å². The van der Waals surface area contributed by atoms with E-state index >= 15 is 0 Å². The van der Waals surface area contributed by atoms with Gasteiger partial charge in [-0.05, 0) is 65.6 Å². The smallest absolute Gasteiger partial charge is 0.0223 e. The van der Waals surface area contributed by atoms with Gasteiger partial charge in [-0.15, -0.1) is 0 Å². The standard InChI is InChI=1S/C18H37N3/c1-4-11-19-16(2)9-5-7-12-20-15-18-10-6-8-13-21(18)14-17(20)3/h16-19H,4-15H2,1-3H3. The molecule has 0 amide bonds. The lowest BCUT2D eigenvalue weighted by molar-refractivity contribution is 0.0145. The molecule has 1 N–H and O–H groups in total.